The van der Waals surface area contributed by atoms with Crippen LogP contribution in [0.15, 0.2) is 29.4 Å². The summed E-state index contributed by atoms with van der Waals surface area (Å²) in [6, 6.07) is 7.68. The summed E-state index contributed by atoms with van der Waals surface area (Å²) in [4.78, 5) is 0. The van der Waals surface area contributed by atoms with Crippen LogP contribution < -0.4 is 5.43 Å². The Hall–Kier alpha value is -1.46. The summed E-state index contributed by atoms with van der Waals surface area (Å²) >= 11 is 5.95. The largest absolute Gasteiger partial charge is 0.298 e. The highest BCUT2D eigenvalue weighted by Gasteiger charge is 1.94. The topological polar surface area (TPSA) is 24.4 Å². The number of rotatable bonds is 4. The van der Waals surface area contributed by atoms with Crippen molar-refractivity contribution in [2.24, 2.45) is 5.10 Å². The standard InChI is InChI=1S/C11H11ClN2/c1-2-8-13-14-9-7-10-5-3-4-6-11(10)12/h1,3-6,9,13H,7-8H2/b14-9+. The predicted molar refractivity (Wildman–Crippen MR) is 60.5 cm³/mol. The molecule has 0 saturated heterocycles. The highest BCUT2D eigenvalue weighted by atomic mass is 35.5. The van der Waals surface area contributed by atoms with Crippen molar-refractivity contribution in [1.82, 2.24) is 5.43 Å². The molecule has 0 unspecified atom stereocenters. The molecule has 1 N–H and O–H groups in total. The fourth-order valence-corrected chi connectivity index (χ4v) is 1.18. The molecule has 72 valence electrons. The average Bonchev–Trinajstić information content (AvgIpc) is 2.20. The summed E-state index contributed by atoms with van der Waals surface area (Å²) < 4.78 is 0. The Kier molecular flexibility index (Phi) is 4.60. The number of hydrogen-bond donors (Lipinski definition) is 1. The second-order valence-electron chi connectivity index (χ2n) is 2.65. The van der Waals surface area contributed by atoms with Gasteiger partial charge in [0.05, 0.1) is 6.54 Å². The Labute approximate surface area is 89.0 Å². The lowest BCUT2D eigenvalue weighted by Crippen LogP contribution is -2.05. The summed E-state index contributed by atoms with van der Waals surface area (Å²) in [6.45, 7) is 0.443. The minimum absolute atomic E-state index is 0.443. The Morgan fingerprint density at radius 2 is 2.29 bits per heavy atom. The number of halogens is 1. The Morgan fingerprint density at radius 1 is 1.50 bits per heavy atom. The lowest BCUT2D eigenvalue weighted by Gasteiger charge is -1.98. The molecule has 0 aliphatic rings. The molecule has 0 aromatic heterocycles. The van der Waals surface area contributed by atoms with Gasteiger partial charge in [0.1, 0.15) is 0 Å². The summed E-state index contributed by atoms with van der Waals surface area (Å²) in [5.41, 5.74) is 3.77. The average molecular weight is 207 g/mol. The maximum Gasteiger partial charge on any atom is 0.0935 e. The highest BCUT2D eigenvalue weighted by Crippen LogP contribution is 2.14. The quantitative estimate of drug-likeness (QED) is 0.347. The van der Waals surface area contributed by atoms with Crippen molar-refractivity contribution >= 4 is 17.8 Å². The highest BCUT2D eigenvalue weighted by molar-refractivity contribution is 6.31. The smallest absolute Gasteiger partial charge is 0.0935 e. The van der Waals surface area contributed by atoms with Crippen LogP contribution in [0.2, 0.25) is 5.02 Å². The molecule has 2 nitrogen and oxygen atoms in total. The summed E-state index contributed by atoms with van der Waals surface area (Å²) in [7, 11) is 0. The first kappa shape index (κ1) is 10.6. The molecule has 0 spiro atoms. The van der Waals surface area contributed by atoms with E-state index in [-0.39, 0.29) is 0 Å². The molecule has 1 rings (SSSR count). The van der Waals surface area contributed by atoms with Crippen LogP contribution in [0.5, 0.6) is 0 Å². The van der Waals surface area contributed by atoms with Crippen LogP contribution in [0.3, 0.4) is 0 Å². The van der Waals surface area contributed by atoms with Crippen LogP contribution in [-0.2, 0) is 6.42 Å². The number of terminal acetylenes is 1. The van der Waals surface area contributed by atoms with E-state index in [9.17, 15) is 0 Å². The van der Waals surface area contributed by atoms with E-state index in [0.717, 1.165) is 10.6 Å². The Morgan fingerprint density at radius 3 is 3.00 bits per heavy atom. The van der Waals surface area contributed by atoms with Gasteiger partial charge in [-0.05, 0) is 11.6 Å². The van der Waals surface area contributed by atoms with E-state index >= 15 is 0 Å². The minimum Gasteiger partial charge on any atom is -0.298 e. The van der Waals surface area contributed by atoms with Crippen LogP contribution in [0.25, 0.3) is 0 Å². The van der Waals surface area contributed by atoms with Gasteiger partial charge < -0.3 is 0 Å². The molecule has 0 heterocycles. The van der Waals surface area contributed by atoms with Gasteiger partial charge in [-0.2, -0.15) is 5.10 Å². The molecular weight excluding hydrogens is 196 g/mol. The van der Waals surface area contributed by atoms with Crippen LogP contribution in [0.4, 0.5) is 0 Å². The number of hydrazone groups is 1. The van der Waals surface area contributed by atoms with Gasteiger partial charge in [0, 0.05) is 17.7 Å². The van der Waals surface area contributed by atoms with E-state index in [0.29, 0.717) is 13.0 Å². The van der Waals surface area contributed by atoms with Gasteiger partial charge in [-0.1, -0.05) is 35.7 Å². The first-order valence-electron chi connectivity index (χ1n) is 4.26. The third-order valence-corrected chi connectivity index (χ3v) is 2.00. The maximum atomic E-state index is 5.95. The first-order chi connectivity index (χ1) is 6.84. The zero-order chi connectivity index (χ0) is 10.2. The van der Waals surface area contributed by atoms with Gasteiger partial charge in [-0.25, -0.2) is 0 Å². The molecule has 0 atom stereocenters. The van der Waals surface area contributed by atoms with E-state index in [1.54, 1.807) is 6.21 Å². The van der Waals surface area contributed by atoms with Gasteiger partial charge >= 0.3 is 0 Å². The Balaban J connectivity index is 2.42. The van der Waals surface area contributed by atoms with Crippen LogP contribution in [0, 0.1) is 12.3 Å². The van der Waals surface area contributed by atoms with E-state index in [1.165, 1.54) is 0 Å². The molecule has 1 aromatic rings. The lowest BCUT2D eigenvalue weighted by atomic mass is 10.2. The van der Waals surface area contributed by atoms with Crippen molar-refractivity contribution in [2.75, 3.05) is 6.54 Å². The number of hydrogen-bond acceptors (Lipinski definition) is 2. The molecule has 1 aromatic carbocycles. The van der Waals surface area contributed by atoms with Crippen molar-refractivity contribution in [3.05, 3.63) is 34.9 Å². The van der Waals surface area contributed by atoms with Crippen molar-refractivity contribution in [1.29, 1.82) is 0 Å². The van der Waals surface area contributed by atoms with Crippen LogP contribution in [-0.4, -0.2) is 12.8 Å². The van der Waals surface area contributed by atoms with Crippen molar-refractivity contribution in [3.8, 4) is 12.3 Å². The maximum absolute atomic E-state index is 5.95. The zero-order valence-electron chi connectivity index (χ0n) is 7.70. The molecule has 0 saturated carbocycles. The Bertz CT molecular complexity index is 353. The van der Waals surface area contributed by atoms with E-state index < -0.39 is 0 Å². The molecule has 0 bridgehead atoms. The second kappa shape index (κ2) is 6.06. The van der Waals surface area contributed by atoms with Gasteiger partial charge in [-0.3, -0.25) is 5.43 Å². The first-order valence-corrected chi connectivity index (χ1v) is 4.63. The van der Waals surface area contributed by atoms with Gasteiger partial charge in [-0.15, -0.1) is 6.42 Å². The van der Waals surface area contributed by atoms with E-state index in [4.69, 9.17) is 18.0 Å². The monoisotopic (exact) mass is 206 g/mol. The minimum atomic E-state index is 0.443. The summed E-state index contributed by atoms with van der Waals surface area (Å²) in [5.74, 6) is 2.43. The number of nitrogens with zero attached hydrogens (tertiary/aromatic N) is 1. The SMILES string of the molecule is C#CCN/N=C/Cc1ccccc1Cl. The van der Waals surface area contributed by atoms with Crippen molar-refractivity contribution < 1.29 is 0 Å². The fourth-order valence-electron chi connectivity index (χ4n) is 0.964. The molecule has 0 amide bonds. The fraction of sp³-hybridized carbons (Fsp3) is 0.182. The summed E-state index contributed by atoms with van der Waals surface area (Å²) in [6.07, 6.45) is 7.49. The van der Waals surface area contributed by atoms with Crippen molar-refractivity contribution in [3.63, 3.8) is 0 Å². The van der Waals surface area contributed by atoms with Crippen LogP contribution in [0.1, 0.15) is 5.56 Å². The normalized spacial score (nSPS) is 10.0. The van der Waals surface area contributed by atoms with Gasteiger partial charge in [0.25, 0.3) is 0 Å². The molecule has 0 fully saturated rings. The van der Waals surface area contributed by atoms with Crippen molar-refractivity contribution in [2.45, 2.75) is 6.42 Å². The van der Waals surface area contributed by atoms with E-state index in [2.05, 4.69) is 16.4 Å². The predicted octanol–water partition coefficient (Wildman–Crippen LogP) is 2.09. The molecular formula is C11H11ClN2. The van der Waals surface area contributed by atoms with E-state index in [1.807, 2.05) is 24.3 Å². The molecule has 0 aliphatic heterocycles. The lowest BCUT2D eigenvalue weighted by molar-refractivity contribution is 0.841. The zero-order valence-corrected chi connectivity index (χ0v) is 8.46. The van der Waals surface area contributed by atoms with Gasteiger partial charge in [0.15, 0.2) is 0 Å². The number of nitrogens with one attached hydrogen (secondary N) is 1. The second-order valence-corrected chi connectivity index (χ2v) is 3.05. The molecule has 0 aliphatic carbocycles. The molecule has 3 heteroatoms. The molecule has 0 radical (unpaired) electrons. The van der Waals surface area contributed by atoms with Crippen LogP contribution >= 0.6 is 11.6 Å². The number of benzene rings is 1. The third-order valence-electron chi connectivity index (χ3n) is 1.63. The summed E-state index contributed by atoms with van der Waals surface area (Å²) in [5, 5.41) is 4.68. The third kappa shape index (κ3) is 3.51. The molecule has 14 heavy (non-hydrogen) atoms. The van der Waals surface area contributed by atoms with Gasteiger partial charge in [0.2, 0.25) is 0 Å².